The number of aliphatic carboxylic acids is 1. The highest BCUT2D eigenvalue weighted by Gasteiger charge is 2.66. The van der Waals surface area contributed by atoms with Gasteiger partial charge in [0, 0.05) is 11.8 Å². The van der Waals surface area contributed by atoms with Gasteiger partial charge in [0.15, 0.2) is 6.29 Å². The largest absolute Gasteiger partial charge is 0.481 e. The average Bonchev–Trinajstić information content (AvgIpc) is 3.24. The molecule has 1 aliphatic heterocycles. The van der Waals surface area contributed by atoms with Crippen molar-refractivity contribution in [2.75, 3.05) is 6.61 Å². The van der Waals surface area contributed by atoms with E-state index in [0.717, 1.165) is 44.1 Å². The number of rotatable bonds is 8. The second kappa shape index (κ2) is 12.1. The predicted octanol–water partition coefficient (Wildman–Crippen LogP) is 4.55. The second-order valence-corrected chi connectivity index (χ2v) is 16.3. The SMILES string of the molecule is CC(C)=CCC[C@@H](C(=O)O)[C@H]1CC[C@@]2(C)C3=C(CC[C@]12C)[C@@]1(C)CCC(=O)C(C)(C)[C@H]1C[C@H]3O[C@@H]1O[C@@H](CO)[C@@H](O)[C@@H](O)[C@@H]1O. The lowest BCUT2D eigenvalue weighted by Gasteiger charge is -2.62. The summed E-state index contributed by atoms with van der Waals surface area (Å²) in [4.78, 5) is 26.1. The van der Waals surface area contributed by atoms with Gasteiger partial charge in [0.1, 0.15) is 30.2 Å². The zero-order valence-corrected chi connectivity index (χ0v) is 28.2. The van der Waals surface area contributed by atoms with E-state index in [1.54, 1.807) is 0 Å². The molecule has 0 spiro atoms. The van der Waals surface area contributed by atoms with Crippen LogP contribution >= 0.6 is 0 Å². The molecule has 5 N–H and O–H groups in total. The van der Waals surface area contributed by atoms with E-state index in [0.29, 0.717) is 19.3 Å². The highest BCUT2D eigenvalue weighted by atomic mass is 16.7. The van der Waals surface area contributed by atoms with Crippen LogP contribution in [0, 0.1) is 39.4 Å². The van der Waals surface area contributed by atoms with Crippen molar-refractivity contribution in [3.8, 4) is 0 Å². The van der Waals surface area contributed by atoms with Crippen LogP contribution in [0.15, 0.2) is 22.8 Å². The van der Waals surface area contributed by atoms with Crippen molar-refractivity contribution in [2.24, 2.45) is 39.4 Å². The molecular weight excluding hydrogens is 576 g/mol. The van der Waals surface area contributed by atoms with Crippen LogP contribution in [0.5, 0.6) is 0 Å². The molecule has 0 aromatic heterocycles. The molecule has 5 rings (SSSR count). The molecule has 9 heteroatoms. The Bertz CT molecular complexity index is 1230. The zero-order valence-electron chi connectivity index (χ0n) is 28.2. The molecule has 12 atom stereocenters. The smallest absolute Gasteiger partial charge is 0.306 e. The number of ketones is 1. The van der Waals surface area contributed by atoms with E-state index in [9.17, 15) is 35.1 Å². The fourth-order valence-electron chi connectivity index (χ4n) is 10.6. The van der Waals surface area contributed by atoms with Crippen molar-refractivity contribution in [1.82, 2.24) is 0 Å². The molecule has 0 unspecified atom stereocenters. The first-order valence-electron chi connectivity index (χ1n) is 17.0. The van der Waals surface area contributed by atoms with Gasteiger partial charge in [0.25, 0.3) is 0 Å². The van der Waals surface area contributed by atoms with Crippen LogP contribution in [-0.4, -0.2) is 80.7 Å². The minimum Gasteiger partial charge on any atom is -0.481 e. The molecule has 5 aliphatic rings. The van der Waals surface area contributed by atoms with E-state index in [1.165, 1.54) is 11.1 Å². The van der Waals surface area contributed by atoms with Gasteiger partial charge in [-0.05, 0) is 98.9 Å². The maximum Gasteiger partial charge on any atom is 0.306 e. The molecule has 4 aliphatic carbocycles. The lowest BCUT2D eigenvalue weighted by atomic mass is 9.43. The number of Topliss-reactive ketones (excluding diaryl/α,β-unsaturated/α-hetero) is 1. The Labute approximate surface area is 268 Å². The van der Waals surface area contributed by atoms with E-state index in [2.05, 4.69) is 26.8 Å². The maximum absolute atomic E-state index is 13.3. The van der Waals surface area contributed by atoms with E-state index >= 15 is 0 Å². The molecule has 0 aromatic rings. The highest BCUT2D eigenvalue weighted by molar-refractivity contribution is 5.86. The number of allylic oxidation sites excluding steroid dienone is 3. The lowest BCUT2D eigenvalue weighted by molar-refractivity contribution is -0.312. The molecule has 3 fully saturated rings. The summed E-state index contributed by atoms with van der Waals surface area (Å²) in [6, 6.07) is 0. The van der Waals surface area contributed by atoms with E-state index < -0.39 is 66.1 Å². The fraction of sp³-hybridized carbons (Fsp3) is 0.833. The van der Waals surface area contributed by atoms with Gasteiger partial charge in [-0.3, -0.25) is 9.59 Å². The van der Waals surface area contributed by atoms with Crippen molar-refractivity contribution < 1.29 is 44.6 Å². The van der Waals surface area contributed by atoms with Crippen LogP contribution in [0.2, 0.25) is 0 Å². The number of aliphatic hydroxyl groups is 4. The Morgan fingerprint density at radius 2 is 1.71 bits per heavy atom. The van der Waals surface area contributed by atoms with Gasteiger partial charge in [-0.1, -0.05) is 51.8 Å². The normalized spacial score (nSPS) is 44.9. The van der Waals surface area contributed by atoms with Crippen LogP contribution < -0.4 is 0 Å². The Morgan fingerprint density at radius 1 is 1.02 bits per heavy atom. The van der Waals surface area contributed by atoms with E-state index in [1.807, 2.05) is 27.7 Å². The van der Waals surface area contributed by atoms with Gasteiger partial charge in [0.2, 0.25) is 0 Å². The van der Waals surface area contributed by atoms with Crippen LogP contribution in [-0.2, 0) is 19.1 Å². The third-order valence-electron chi connectivity index (χ3n) is 13.5. The molecule has 0 bridgehead atoms. The van der Waals surface area contributed by atoms with Crippen molar-refractivity contribution in [1.29, 1.82) is 0 Å². The quantitative estimate of drug-likeness (QED) is 0.243. The number of ether oxygens (including phenoxy) is 2. The average molecular weight is 633 g/mol. The molecular formula is C36H56O9. The highest BCUT2D eigenvalue weighted by Crippen LogP contribution is 2.72. The van der Waals surface area contributed by atoms with Gasteiger partial charge >= 0.3 is 5.97 Å². The minimum absolute atomic E-state index is 0.0255. The molecule has 1 saturated heterocycles. The number of carbonyl (C=O) groups excluding carboxylic acids is 1. The summed E-state index contributed by atoms with van der Waals surface area (Å²) in [5.74, 6) is -1.04. The summed E-state index contributed by atoms with van der Waals surface area (Å²) in [5.41, 5.74) is 2.08. The summed E-state index contributed by atoms with van der Waals surface area (Å²) in [5, 5.41) is 52.3. The van der Waals surface area contributed by atoms with Crippen LogP contribution in [0.1, 0.15) is 106 Å². The number of carbonyl (C=O) groups is 2. The third-order valence-corrected chi connectivity index (χ3v) is 13.5. The van der Waals surface area contributed by atoms with Gasteiger partial charge in [0.05, 0.1) is 18.6 Å². The van der Waals surface area contributed by atoms with Crippen LogP contribution in [0.3, 0.4) is 0 Å². The summed E-state index contributed by atoms with van der Waals surface area (Å²) in [6.45, 7) is 14.4. The molecule has 45 heavy (non-hydrogen) atoms. The number of fused-ring (bicyclic) bond motifs is 4. The Balaban J connectivity index is 1.59. The van der Waals surface area contributed by atoms with E-state index in [4.69, 9.17) is 9.47 Å². The van der Waals surface area contributed by atoms with Crippen LogP contribution in [0.4, 0.5) is 0 Å². The minimum atomic E-state index is -1.56. The van der Waals surface area contributed by atoms with Gasteiger partial charge in [-0.15, -0.1) is 0 Å². The molecule has 0 radical (unpaired) electrons. The molecule has 0 amide bonds. The summed E-state index contributed by atoms with van der Waals surface area (Å²) in [7, 11) is 0. The van der Waals surface area contributed by atoms with Crippen molar-refractivity contribution in [3.63, 3.8) is 0 Å². The topological polar surface area (TPSA) is 154 Å². The zero-order chi connectivity index (χ0) is 33.3. The number of carboxylic acids is 1. The first kappa shape index (κ1) is 34.7. The van der Waals surface area contributed by atoms with Crippen molar-refractivity contribution in [3.05, 3.63) is 22.8 Å². The Hall–Kier alpha value is -1.62. The summed E-state index contributed by atoms with van der Waals surface area (Å²) >= 11 is 0. The number of aliphatic hydroxyl groups excluding tert-OH is 4. The van der Waals surface area contributed by atoms with Crippen LogP contribution in [0.25, 0.3) is 0 Å². The fourth-order valence-corrected chi connectivity index (χ4v) is 10.6. The molecule has 1 heterocycles. The first-order chi connectivity index (χ1) is 20.9. The van der Waals surface area contributed by atoms with Crippen molar-refractivity contribution in [2.45, 2.75) is 143 Å². The standard InChI is InChI=1S/C36H56O9/c1-19(2)9-8-10-20(31(42)43)21-11-16-36(7)27-22(12-15-35(21,36)6)34(5)14-13-26(38)33(3,4)25(34)17-23(27)44-32-30(41)29(40)28(39)24(18-37)45-32/h9,20-21,23-25,28-30,32,37,39-41H,8,10-18H2,1-7H3,(H,42,43)/t20-,21-,23-,24+,25-,28-,29-,30+,32-,34-,35-,36+/m1/s1. The number of carboxylic acid groups (broad SMARTS) is 1. The lowest BCUT2D eigenvalue weighted by Crippen LogP contribution is -2.61. The third kappa shape index (κ3) is 5.38. The molecule has 254 valence electrons. The summed E-state index contributed by atoms with van der Waals surface area (Å²) in [6.07, 6.45) is 0.898. The second-order valence-electron chi connectivity index (χ2n) is 16.3. The number of hydrogen-bond acceptors (Lipinski definition) is 8. The molecule has 2 saturated carbocycles. The first-order valence-corrected chi connectivity index (χ1v) is 17.0. The Kier molecular flexibility index (Phi) is 9.35. The monoisotopic (exact) mass is 632 g/mol. The van der Waals surface area contributed by atoms with Gasteiger partial charge in [-0.2, -0.15) is 0 Å². The Morgan fingerprint density at radius 3 is 2.33 bits per heavy atom. The maximum atomic E-state index is 13.3. The van der Waals surface area contributed by atoms with Gasteiger partial charge in [-0.25, -0.2) is 0 Å². The van der Waals surface area contributed by atoms with Crippen molar-refractivity contribution >= 4 is 11.8 Å². The molecule has 9 nitrogen and oxygen atoms in total. The number of hydrogen-bond donors (Lipinski definition) is 5. The van der Waals surface area contributed by atoms with E-state index in [-0.39, 0.29) is 28.4 Å². The van der Waals surface area contributed by atoms with Gasteiger partial charge < -0.3 is 35.0 Å². The predicted molar refractivity (Wildman–Crippen MR) is 168 cm³/mol. The molecule has 0 aromatic carbocycles. The summed E-state index contributed by atoms with van der Waals surface area (Å²) < 4.78 is 12.6.